The van der Waals surface area contributed by atoms with Crippen LogP contribution in [0.1, 0.15) is 18.4 Å². The number of hydrogen-bond donors (Lipinski definition) is 1. The Kier molecular flexibility index (Phi) is 3.96. The molecular weight excluding hydrogens is 354 g/mol. The third kappa shape index (κ3) is 2.69. The number of nitrogens with zero attached hydrogens (tertiary/aromatic N) is 4. The lowest BCUT2D eigenvalue weighted by Crippen LogP contribution is -2.37. The van der Waals surface area contributed by atoms with E-state index in [0.717, 1.165) is 31.4 Å². The van der Waals surface area contributed by atoms with E-state index >= 15 is 0 Å². The van der Waals surface area contributed by atoms with Crippen molar-refractivity contribution in [2.24, 2.45) is 5.41 Å². The van der Waals surface area contributed by atoms with Gasteiger partial charge in [0.05, 0.1) is 12.5 Å². The van der Waals surface area contributed by atoms with Crippen LogP contribution in [-0.2, 0) is 11.3 Å². The van der Waals surface area contributed by atoms with Crippen molar-refractivity contribution in [1.82, 2.24) is 19.9 Å². The van der Waals surface area contributed by atoms with Gasteiger partial charge in [-0.1, -0.05) is 18.2 Å². The number of anilines is 1. The first-order chi connectivity index (χ1) is 13.7. The Bertz CT molecular complexity index is 1030. The van der Waals surface area contributed by atoms with Crippen molar-refractivity contribution in [2.75, 3.05) is 31.6 Å². The van der Waals surface area contributed by atoms with E-state index in [9.17, 15) is 4.79 Å². The minimum absolute atomic E-state index is 0.253. The molecule has 0 saturated carbocycles. The number of H-pyrrole nitrogens is 1. The zero-order valence-electron chi connectivity index (χ0n) is 15.9. The molecule has 5 rings (SSSR count). The number of carbonyl (C=O) groups excluding carboxylic acids is 1. The van der Waals surface area contributed by atoms with Crippen LogP contribution in [0.3, 0.4) is 0 Å². The van der Waals surface area contributed by atoms with Gasteiger partial charge in [-0.3, -0.25) is 4.79 Å². The molecule has 3 aromatic rings. The third-order valence-electron chi connectivity index (χ3n) is 6.10. The summed E-state index contributed by atoms with van der Waals surface area (Å²) < 4.78 is 5.21. The summed E-state index contributed by atoms with van der Waals surface area (Å²) in [5.74, 6) is 1.44. The largest absolute Gasteiger partial charge is 0.481 e. The highest BCUT2D eigenvalue weighted by atomic mass is 16.5. The molecule has 1 amide bonds. The smallest absolute Gasteiger partial charge is 0.231 e. The second-order valence-electron chi connectivity index (χ2n) is 7.69. The van der Waals surface area contributed by atoms with Gasteiger partial charge in [-0.25, -0.2) is 4.98 Å². The standard InChI is InChI=1S/C21H23N5O2/c1-28-18-6-9-22-20(24-18)26-11-8-21(14-26)7-10-25(19(21)27)13-15-12-23-17-5-3-2-4-16(15)17/h2-6,9,12,23H,7-8,10-11,13-14H2,1H3/t21-/m0/s1. The fourth-order valence-corrected chi connectivity index (χ4v) is 4.53. The second kappa shape index (κ2) is 6.51. The number of methoxy groups -OCH3 is 1. The summed E-state index contributed by atoms with van der Waals surface area (Å²) in [5.41, 5.74) is 1.96. The lowest BCUT2D eigenvalue weighted by Gasteiger charge is -2.23. The van der Waals surface area contributed by atoms with Gasteiger partial charge in [-0.15, -0.1) is 0 Å². The van der Waals surface area contributed by atoms with Gasteiger partial charge >= 0.3 is 0 Å². The maximum Gasteiger partial charge on any atom is 0.231 e. The van der Waals surface area contributed by atoms with Crippen LogP contribution >= 0.6 is 0 Å². The molecule has 2 aliphatic rings. The number of ether oxygens (including phenoxy) is 1. The second-order valence-corrected chi connectivity index (χ2v) is 7.69. The predicted molar refractivity (Wildman–Crippen MR) is 106 cm³/mol. The van der Waals surface area contributed by atoms with Crippen LogP contribution in [0.4, 0.5) is 5.95 Å². The first-order valence-electron chi connectivity index (χ1n) is 9.65. The molecule has 2 fully saturated rings. The van der Waals surface area contributed by atoms with Crippen LogP contribution in [0.2, 0.25) is 0 Å². The number of fused-ring (bicyclic) bond motifs is 1. The number of benzene rings is 1. The van der Waals surface area contributed by atoms with Gasteiger partial charge in [-0.2, -0.15) is 4.98 Å². The average molecular weight is 377 g/mol. The van der Waals surface area contributed by atoms with Crippen LogP contribution in [0, 0.1) is 5.41 Å². The van der Waals surface area contributed by atoms with Crippen LogP contribution in [0.15, 0.2) is 42.7 Å². The topological polar surface area (TPSA) is 74.3 Å². The van der Waals surface area contributed by atoms with Crippen LogP contribution < -0.4 is 9.64 Å². The molecule has 0 unspecified atom stereocenters. The molecule has 2 aromatic heterocycles. The van der Waals surface area contributed by atoms with Gasteiger partial charge in [0.15, 0.2) is 0 Å². The summed E-state index contributed by atoms with van der Waals surface area (Å²) in [5, 5.41) is 1.19. The number of para-hydroxylation sites is 1. The first kappa shape index (κ1) is 17.0. The Morgan fingerprint density at radius 3 is 2.96 bits per heavy atom. The summed E-state index contributed by atoms with van der Waals surface area (Å²) in [6.07, 6.45) is 5.45. The molecule has 4 heterocycles. The third-order valence-corrected chi connectivity index (χ3v) is 6.10. The minimum Gasteiger partial charge on any atom is -0.481 e. The van der Waals surface area contributed by atoms with E-state index in [2.05, 4.69) is 32.0 Å². The summed E-state index contributed by atoms with van der Waals surface area (Å²) in [4.78, 5) is 29.5. The van der Waals surface area contributed by atoms with Gasteiger partial charge in [-0.05, 0) is 24.5 Å². The Labute approximate surface area is 163 Å². The lowest BCUT2D eigenvalue weighted by atomic mass is 9.85. The van der Waals surface area contributed by atoms with Crippen LogP contribution in [0.5, 0.6) is 5.88 Å². The van der Waals surface area contributed by atoms with Crippen molar-refractivity contribution in [2.45, 2.75) is 19.4 Å². The van der Waals surface area contributed by atoms with Gasteiger partial charge < -0.3 is 19.5 Å². The normalized spacial score (nSPS) is 22.0. The zero-order valence-corrected chi connectivity index (χ0v) is 15.9. The van der Waals surface area contributed by atoms with Crippen molar-refractivity contribution in [3.05, 3.63) is 48.3 Å². The minimum atomic E-state index is -0.321. The average Bonchev–Trinajstić information content (AvgIpc) is 3.43. The molecule has 0 radical (unpaired) electrons. The Morgan fingerprint density at radius 2 is 2.07 bits per heavy atom. The molecule has 0 aliphatic carbocycles. The van der Waals surface area contributed by atoms with Gasteiger partial charge in [0.1, 0.15) is 0 Å². The van der Waals surface area contributed by atoms with Gasteiger partial charge in [0.25, 0.3) is 0 Å². The van der Waals surface area contributed by atoms with Crippen LogP contribution in [-0.4, -0.2) is 52.5 Å². The molecule has 1 spiro atoms. The molecule has 1 N–H and O–H groups in total. The fraction of sp³-hybridized carbons (Fsp3) is 0.381. The summed E-state index contributed by atoms with van der Waals surface area (Å²) in [7, 11) is 1.60. The number of rotatable bonds is 4. The molecule has 7 nitrogen and oxygen atoms in total. The number of nitrogens with one attached hydrogen (secondary N) is 1. The highest BCUT2D eigenvalue weighted by Gasteiger charge is 2.51. The molecule has 2 saturated heterocycles. The SMILES string of the molecule is COc1ccnc(N2CC[C@@]3(CCN(Cc4c[nH]c5ccccc45)C3=O)C2)n1. The number of aromatic nitrogens is 3. The highest BCUT2D eigenvalue weighted by Crippen LogP contribution is 2.42. The first-order valence-corrected chi connectivity index (χ1v) is 9.65. The van der Waals surface area contributed by atoms with Crippen molar-refractivity contribution >= 4 is 22.8 Å². The predicted octanol–water partition coefficient (Wildman–Crippen LogP) is 2.60. The maximum atomic E-state index is 13.3. The summed E-state index contributed by atoms with van der Waals surface area (Å²) in [6.45, 7) is 2.91. The van der Waals surface area contributed by atoms with E-state index in [1.807, 2.05) is 23.2 Å². The van der Waals surface area contributed by atoms with E-state index in [-0.39, 0.29) is 11.3 Å². The molecule has 28 heavy (non-hydrogen) atoms. The molecule has 1 atom stereocenters. The van der Waals surface area contributed by atoms with E-state index in [4.69, 9.17) is 4.74 Å². The number of amides is 1. The number of likely N-dealkylation sites (tertiary alicyclic amines) is 1. The molecular formula is C21H23N5O2. The maximum absolute atomic E-state index is 13.3. The summed E-state index contributed by atoms with van der Waals surface area (Å²) >= 11 is 0. The van der Waals surface area contributed by atoms with Crippen molar-refractivity contribution in [1.29, 1.82) is 0 Å². The lowest BCUT2D eigenvalue weighted by molar-refractivity contribution is -0.135. The molecule has 0 bridgehead atoms. The van der Waals surface area contributed by atoms with Crippen molar-refractivity contribution < 1.29 is 9.53 Å². The quantitative estimate of drug-likeness (QED) is 0.756. The number of carbonyl (C=O) groups is 1. The zero-order chi connectivity index (χ0) is 19.1. The number of hydrogen-bond acceptors (Lipinski definition) is 5. The van der Waals surface area contributed by atoms with Gasteiger partial charge in [0.2, 0.25) is 17.7 Å². The summed E-state index contributed by atoms with van der Waals surface area (Å²) in [6, 6.07) is 9.96. The molecule has 2 aliphatic heterocycles. The Morgan fingerprint density at radius 1 is 1.21 bits per heavy atom. The highest BCUT2D eigenvalue weighted by molar-refractivity contribution is 5.88. The van der Waals surface area contributed by atoms with E-state index in [0.29, 0.717) is 24.9 Å². The van der Waals surface area contributed by atoms with E-state index in [1.54, 1.807) is 19.4 Å². The molecule has 1 aromatic carbocycles. The fourth-order valence-electron chi connectivity index (χ4n) is 4.53. The Balaban J connectivity index is 1.33. The van der Waals surface area contributed by atoms with Gasteiger partial charge in [0, 0.05) is 55.5 Å². The van der Waals surface area contributed by atoms with E-state index < -0.39 is 0 Å². The van der Waals surface area contributed by atoms with Crippen LogP contribution in [0.25, 0.3) is 10.9 Å². The molecule has 144 valence electrons. The Hall–Kier alpha value is -3.09. The monoisotopic (exact) mass is 377 g/mol. The van der Waals surface area contributed by atoms with E-state index in [1.165, 1.54) is 10.9 Å². The number of aromatic amines is 1. The van der Waals surface area contributed by atoms with Crippen molar-refractivity contribution in [3.8, 4) is 5.88 Å². The van der Waals surface area contributed by atoms with Crippen molar-refractivity contribution in [3.63, 3.8) is 0 Å². The molecule has 7 heteroatoms.